The van der Waals surface area contributed by atoms with Gasteiger partial charge in [-0.05, 0) is 60.7 Å². The molecule has 29 heavy (non-hydrogen) atoms. The average molecular weight is 410 g/mol. The van der Waals surface area contributed by atoms with Crippen molar-refractivity contribution < 1.29 is 30.8 Å². The fourth-order valence-corrected chi connectivity index (χ4v) is 2.26. The van der Waals surface area contributed by atoms with Gasteiger partial charge < -0.3 is 4.42 Å². The third-order valence-electron chi connectivity index (χ3n) is 3.72. The number of rotatable bonds is 4. The Hall–Kier alpha value is -3.36. The van der Waals surface area contributed by atoms with Crippen molar-refractivity contribution in [3.8, 4) is 0 Å². The zero-order chi connectivity index (χ0) is 21.1. The third kappa shape index (κ3) is 5.56. The number of halogens is 6. The van der Waals surface area contributed by atoms with Gasteiger partial charge in [0, 0.05) is 0 Å². The smallest absolute Gasteiger partial charge is 0.416 e. The largest absolute Gasteiger partial charge is 0.454 e. The van der Waals surface area contributed by atoms with Crippen LogP contribution in [0.3, 0.4) is 0 Å². The van der Waals surface area contributed by atoms with E-state index in [0.717, 1.165) is 24.3 Å². The number of aliphatic imine (C=N–C) groups is 2. The Kier molecular flexibility index (Phi) is 5.58. The Balaban J connectivity index is 1.64. The zero-order valence-electron chi connectivity index (χ0n) is 14.5. The summed E-state index contributed by atoms with van der Waals surface area (Å²) in [6.45, 7) is 0. The molecular weight excluding hydrogens is 398 g/mol. The normalized spacial score (nSPS) is 12.9. The molecule has 0 fully saturated rings. The molecule has 0 atom stereocenters. The molecule has 150 valence electrons. The van der Waals surface area contributed by atoms with Crippen molar-refractivity contribution in [3.05, 3.63) is 83.3 Å². The van der Waals surface area contributed by atoms with Crippen LogP contribution in [0.15, 0.2) is 75.1 Å². The van der Waals surface area contributed by atoms with Crippen molar-refractivity contribution in [1.29, 1.82) is 0 Å². The molecule has 0 amide bonds. The topological polar surface area (TPSA) is 37.9 Å². The number of furan rings is 1. The maximum Gasteiger partial charge on any atom is 0.416 e. The Morgan fingerprint density at radius 3 is 1.21 bits per heavy atom. The molecule has 0 saturated carbocycles. The van der Waals surface area contributed by atoms with Gasteiger partial charge in [-0.15, -0.1) is 0 Å². The van der Waals surface area contributed by atoms with Crippen LogP contribution in [0.1, 0.15) is 22.6 Å². The van der Waals surface area contributed by atoms with Gasteiger partial charge in [0.15, 0.2) is 0 Å². The maximum atomic E-state index is 12.5. The van der Waals surface area contributed by atoms with Crippen LogP contribution < -0.4 is 0 Å². The molecule has 0 bridgehead atoms. The molecule has 1 aromatic heterocycles. The van der Waals surface area contributed by atoms with Crippen molar-refractivity contribution in [2.45, 2.75) is 12.4 Å². The number of hydrogen-bond donors (Lipinski definition) is 0. The first-order valence-electron chi connectivity index (χ1n) is 8.14. The highest BCUT2D eigenvalue weighted by molar-refractivity contribution is 5.83. The first-order valence-corrected chi connectivity index (χ1v) is 8.14. The second-order valence-electron chi connectivity index (χ2n) is 5.85. The summed E-state index contributed by atoms with van der Waals surface area (Å²) in [5.74, 6) is 0.664. The molecule has 0 aliphatic carbocycles. The van der Waals surface area contributed by atoms with Crippen molar-refractivity contribution in [1.82, 2.24) is 0 Å². The number of alkyl halides is 6. The molecule has 0 radical (unpaired) electrons. The van der Waals surface area contributed by atoms with Gasteiger partial charge in [0.1, 0.15) is 11.5 Å². The summed E-state index contributed by atoms with van der Waals surface area (Å²) in [5, 5.41) is 0. The summed E-state index contributed by atoms with van der Waals surface area (Å²) < 4.78 is 80.6. The van der Waals surface area contributed by atoms with Gasteiger partial charge in [0.25, 0.3) is 0 Å². The summed E-state index contributed by atoms with van der Waals surface area (Å²) in [4.78, 5) is 8.05. The molecule has 0 aliphatic heterocycles. The maximum absolute atomic E-state index is 12.5. The third-order valence-corrected chi connectivity index (χ3v) is 3.72. The van der Waals surface area contributed by atoms with Crippen LogP contribution in [-0.2, 0) is 12.4 Å². The molecule has 0 N–H and O–H groups in total. The summed E-state index contributed by atoms with van der Waals surface area (Å²) >= 11 is 0. The molecule has 1 heterocycles. The first kappa shape index (κ1) is 20.4. The van der Waals surface area contributed by atoms with E-state index in [0.29, 0.717) is 22.9 Å². The number of nitrogens with zero attached hydrogens (tertiary/aromatic N) is 2. The molecule has 3 aromatic rings. The number of hydrogen-bond acceptors (Lipinski definition) is 3. The average Bonchev–Trinajstić information content (AvgIpc) is 3.12. The molecule has 0 aliphatic rings. The molecule has 9 heteroatoms. The SMILES string of the molecule is FC(F)(F)c1ccc(N=Cc2ccc(C=Nc3ccc(C(F)(F)F)cc3)o2)cc1. The van der Waals surface area contributed by atoms with E-state index in [4.69, 9.17) is 4.42 Å². The van der Waals surface area contributed by atoms with Crippen molar-refractivity contribution in [2.75, 3.05) is 0 Å². The summed E-state index contributed by atoms with van der Waals surface area (Å²) in [5.41, 5.74) is -0.906. The van der Waals surface area contributed by atoms with Crippen LogP contribution in [0.25, 0.3) is 0 Å². The monoisotopic (exact) mass is 410 g/mol. The quantitative estimate of drug-likeness (QED) is 0.344. The first-order chi connectivity index (χ1) is 13.6. The van der Waals surface area contributed by atoms with E-state index in [1.807, 2.05) is 0 Å². The Bertz CT molecular complexity index is 931. The van der Waals surface area contributed by atoms with Gasteiger partial charge in [0.2, 0.25) is 0 Å². The highest BCUT2D eigenvalue weighted by Crippen LogP contribution is 2.31. The second kappa shape index (κ2) is 7.94. The van der Waals surface area contributed by atoms with E-state index in [-0.39, 0.29) is 0 Å². The van der Waals surface area contributed by atoms with Gasteiger partial charge in [-0.25, -0.2) is 0 Å². The van der Waals surface area contributed by atoms with E-state index in [1.54, 1.807) is 12.1 Å². The minimum Gasteiger partial charge on any atom is -0.454 e. The lowest BCUT2D eigenvalue weighted by Gasteiger charge is -2.05. The van der Waals surface area contributed by atoms with E-state index in [1.165, 1.54) is 36.7 Å². The van der Waals surface area contributed by atoms with Crippen molar-refractivity contribution in [3.63, 3.8) is 0 Å². The predicted octanol–water partition coefficient (Wildman–Crippen LogP) is 6.82. The van der Waals surface area contributed by atoms with E-state index >= 15 is 0 Å². The second-order valence-corrected chi connectivity index (χ2v) is 5.85. The lowest BCUT2D eigenvalue weighted by molar-refractivity contribution is -0.138. The van der Waals surface area contributed by atoms with Gasteiger partial charge in [-0.1, -0.05) is 0 Å². The zero-order valence-corrected chi connectivity index (χ0v) is 14.5. The lowest BCUT2D eigenvalue weighted by Crippen LogP contribution is -2.03. The molecule has 0 unspecified atom stereocenters. The van der Waals surface area contributed by atoms with Crippen LogP contribution >= 0.6 is 0 Å². The van der Waals surface area contributed by atoms with E-state index in [9.17, 15) is 26.3 Å². The Morgan fingerprint density at radius 1 is 0.552 bits per heavy atom. The molecular formula is C20H12F6N2O. The molecule has 3 nitrogen and oxygen atoms in total. The van der Waals surface area contributed by atoms with Crippen LogP contribution in [0.2, 0.25) is 0 Å². The van der Waals surface area contributed by atoms with Crippen molar-refractivity contribution in [2.24, 2.45) is 9.98 Å². The van der Waals surface area contributed by atoms with E-state index < -0.39 is 23.5 Å². The Morgan fingerprint density at radius 2 is 0.897 bits per heavy atom. The highest BCUT2D eigenvalue weighted by atomic mass is 19.4. The molecule has 0 saturated heterocycles. The van der Waals surface area contributed by atoms with Crippen LogP contribution in [0.5, 0.6) is 0 Å². The van der Waals surface area contributed by atoms with Crippen molar-refractivity contribution >= 4 is 23.8 Å². The fraction of sp³-hybridized carbons (Fsp3) is 0.100. The molecule has 2 aromatic carbocycles. The number of benzene rings is 2. The minimum atomic E-state index is -4.41. The predicted molar refractivity (Wildman–Crippen MR) is 96.1 cm³/mol. The van der Waals surface area contributed by atoms with Gasteiger partial charge in [-0.2, -0.15) is 26.3 Å². The van der Waals surface area contributed by atoms with E-state index in [2.05, 4.69) is 9.98 Å². The van der Waals surface area contributed by atoms with Crippen LogP contribution in [0.4, 0.5) is 37.7 Å². The summed E-state index contributed by atoms with van der Waals surface area (Å²) in [7, 11) is 0. The van der Waals surface area contributed by atoms with Gasteiger partial charge in [-0.3, -0.25) is 9.98 Å². The lowest BCUT2D eigenvalue weighted by atomic mass is 10.2. The molecule has 3 rings (SSSR count). The Labute approximate surface area is 161 Å². The summed E-state index contributed by atoms with van der Waals surface area (Å²) in [6.07, 6.45) is -6.16. The van der Waals surface area contributed by atoms with Gasteiger partial charge in [0.05, 0.1) is 34.9 Å². The van der Waals surface area contributed by atoms with Crippen LogP contribution in [-0.4, -0.2) is 12.4 Å². The van der Waals surface area contributed by atoms with Gasteiger partial charge >= 0.3 is 12.4 Å². The summed E-state index contributed by atoms with van der Waals surface area (Å²) in [6, 6.07) is 11.8. The minimum absolute atomic E-state index is 0.314. The molecule has 0 spiro atoms. The standard InChI is InChI=1S/C20H12F6N2O/c21-19(22,23)13-1-5-15(6-2-13)27-11-17-9-10-18(29-17)12-28-16-7-3-14(4-8-16)20(24,25)26/h1-12H. The highest BCUT2D eigenvalue weighted by Gasteiger charge is 2.30. The fourth-order valence-electron chi connectivity index (χ4n) is 2.26. The van der Waals surface area contributed by atoms with Crippen LogP contribution in [0, 0.1) is 0 Å².